The smallest absolute Gasteiger partial charge is 0.351 e. The van der Waals surface area contributed by atoms with Crippen LogP contribution in [0.5, 0.6) is 0 Å². The van der Waals surface area contributed by atoms with E-state index in [-0.39, 0.29) is 24.7 Å². The number of carbonyl (C=O) groups is 1. The second-order valence-electron chi connectivity index (χ2n) is 4.29. The van der Waals surface area contributed by atoms with Crippen molar-refractivity contribution in [2.24, 2.45) is 0 Å². The third kappa shape index (κ3) is 3.27. The van der Waals surface area contributed by atoms with Gasteiger partial charge in [-0.1, -0.05) is 0 Å². The van der Waals surface area contributed by atoms with Gasteiger partial charge >= 0.3 is 11.7 Å². The molecule has 1 aliphatic heterocycles. The topological polar surface area (TPSA) is 117 Å². The van der Waals surface area contributed by atoms with E-state index in [1.807, 2.05) is 0 Å². The second kappa shape index (κ2) is 6.21. The van der Waals surface area contributed by atoms with Gasteiger partial charge in [0, 0.05) is 12.6 Å². The number of ether oxygens (including phenoxy) is 2. The zero-order chi connectivity index (χ0) is 14.7. The van der Waals surface area contributed by atoms with Crippen LogP contribution in [0.1, 0.15) is 12.6 Å². The number of hydrogen-bond acceptors (Lipinski definition) is 7. The van der Waals surface area contributed by atoms with Crippen LogP contribution in [0.15, 0.2) is 17.1 Å². The molecule has 110 valence electrons. The fraction of sp³-hybridized carbons (Fsp3) is 0.545. The van der Waals surface area contributed by atoms with E-state index in [1.165, 1.54) is 16.8 Å². The number of anilines is 1. The maximum absolute atomic E-state index is 11.7. The lowest BCUT2D eigenvalue weighted by Crippen LogP contribution is -2.29. The quantitative estimate of drug-likeness (QED) is 0.555. The standard InChI is InChI=1S/C11H14ClN3O5/c12-4-10(17)19-5-7-6(16)3-9(20-7)15-2-1-8(13)14-11(15)18/h1-2,6-7,9,16H,3-5H2,(H2,13,14,18). The Labute approximate surface area is 119 Å². The van der Waals surface area contributed by atoms with Crippen molar-refractivity contribution >= 4 is 23.4 Å². The Morgan fingerprint density at radius 1 is 1.70 bits per heavy atom. The largest absolute Gasteiger partial charge is 0.462 e. The van der Waals surface area contributed by atoms with Crippen LogP contribution in [-0.2, 0) is 14.3 Å². The van der Waals surface area contributed by atoms with Crippen molar-refractivity contribution in [3.05, 3.63) is 22.7 Å². The Morgan fingerprint density at radius 2 is 2.45 bits per heavy atom. The molecule has 0 aliphatic carbocycles. The number of nitrogens with zero attached hydrogens (tertiary/aromatic N) is 2. The number of hydrogen-bond donors (Lipinski definition) is 2. The second-order valence-corrected chi connectivity index (χ2v) is 4.56. The Kier molecular flexibility index (Phi) is 4.58. The SMILES string of the molecule is Nc1ccn(C2CC(O)C(COC(=O)CCl)O2)c(=O)n1. The maximum atomic E-state index is 11.7. The average molecular weight is 304 g/mol. The molecule has 1 aromatic rings. The summed E-state index contributed by atoms with van der Waals surface area (Å²) in [6.45, 7) is -0.125. The number of aliphatic hydroxyl groups excluding tert-OH is 1. The first-order valence-corrected chi connectivity index (χ1v) is 6.44. The predicted molar refractivity (Wildman–Crippen MR) is 69.1 cm³/mol. The highest BCUT2D eigenvalue weighted by Gasteiger charge is 2.36. The monoisotopic (exact) mass is 303 g/mol. The first kappa shape index (κ1) is 14.8. The van der Waals surface area contributed by atoms with Crippen LogP contribution in [0.4, 0.5) is 5.82 Å². The van der Waals surface area contributed by atoms with Crippen LogP contribution in [0, 0.1) is 0 Å². The molecular weight excluding hydrogens is 290 g/mol. The molecule has 1 aliphatic rings. The molecule has 3 atom stereocenters. The Hall–Kier alpha value is -1.64. The number of nitrogen functional groups attached to an aromatic ring is 1. The van der Waals surface area contributed by atoms with Crippen molar-refractivity contribution in [1.82, 2.24) is 9.55 Å². The molecule has 20 heavy (non-hydrogen) atoms. The zero-order valence-electron chi connectivity index (χ0n) is 10.4. The number of halogens is 1. The van der Waals surface area contributed by atoms with E-state index in [9.17, 15) is 14.7 Å². The van der Waals surface area contributed by atoms with E-state index >= 15 is 0 Å². The van der Waals surface area contributed by atoms with Crippen molar-refractivity contribution < 1.29 is 19.4 Å². The predicted octanol–water partition coefficient (Wildman–Crippen LogP) is -0.744. The van der Waals surface area contributed by atoms with Crippen LogP contribution < -0.4 is 11.4 Å². The van der Waals surface area contributed by atoms with Crippen molar-refractivity contribution in [2.75, 3.05) is 18.2 Å². The van der Waals surface area contributed by atoms with Gasteiger partial charge in [0.15, 0.2) is 0 Å². The molecule has 0 saturated carbocycles. The first-order valence-electron chi connectivity index (χ1n) is 5.91. The number of nitrogens with two attached hydrogens (primary N) is 1. The molecular formula is C11H14ClN3O5. The molecule has 0 radical (unpaired) electrons. The lowest BCUT2D eigenvalue weighted by atomic mass is 10.2. The molecule has 2 rings (SSSR count). The number of aliphatic hydroxyl groups is 1. The van der Waals surface area contributed by atoms with Gasteiger partial charge in [0.2, 0.25) is 0 Å². The molecule has 0 amide bonds. The molecule has 1 fully saturated rings. The highest BCUT2D eigenvalue weighted by Crippen LogP contribution is 2.27. The zero-order valence-corrected chi connectivity index (χ0v) is 11.2. The summed E-state index contributed by atoms with van der Waals surface area (Å²) >= 11 is 5.29. The molecule has 8 nitrogen and oxygen atoms in total. The van der Waals surface area contributed by atoms with Crippen molar-refractivity contribution in [2.45, 2.75) is 24.9 Å². The minimum absolute atomic E-state index is 0.109. The average Bonchev–Trinajstić information content (AvgIpc) is 2.77. The van der Waals surface area contributed by atoms with Crippen molar-refractivity contribution in [3.8, 4) is 0 Å². The first-order chi connectivity index (χ1) is 9.51. The summed E-state index contributed by atoms with van der Waals surface area (Å²) in [6, 6.07) is 1.46. The minimum Gasteiger partial charge on any atom is -0.462 e. The molecule has 9 heteroatoms. The van der Waals surface area contributed by atoms with Crippen LogP contribution in [0.2, 0.25) is 0 Å². The van der Waals surface area contributed by atoms with Gasteiger partial charge in [-0.05, 0) is 6.07 Å². The molecule has 3 N–H and O–H groups in total. The molecule has 0 spiro atoms. The molecule has 0 bridgehead atoms. The number of aromatic nitrogens is 2. The van der Waals surface area contributed by atoms with E-state index in [4.69, 9.17) is 26.8 Å². The van der Waals surface area contributed by atoms with Gasteiger partial charge in [0.25, 0.3) is 0 Å². The summed E-state index contributed by atoms with van der Waals surface area (Å²) in [4.78, 5) is 26.2. The lowest BCUT2D eigenvalue weighted by Gasteiger charge is -2.15. The summed E-state index contributed by atoms with van der Waals surface area (Å²) in [5, 5.41) is 9.84. The molecule has 2 heterocycles. The normalized spacial score (nSPS) is 25.6. The van der Waals surface area contributed by atoms with Crippen LogP contribution in [-0.4, -0.2) is 45.3 Å². The summed E-state index contributed by atoms with van der Waals surface area (Å²) in [5.41, 5.74) is 4.82. The van der Waals surface area contributed by atoms with E-state index in [2.05, 4.69) is 4.98 Å². The summed E-state index contributed by atoms with van der Waals surface area (Å²) < 4.78 is 11.5. The third-order valence-electron chi connectivity index (χ3n) is 2.88. The van der Waals surface area contributed by atoms with E-state index < -0.39 is 30.1 Å². The summed E-state index contributed by atoms with van der Waals surface area (Å²) in [7, 11) is 0. The van der Waals surface area contributed by atoms with Gasteiger partial charge in [0.1, 0.15) is 30.6 Å². The van der Waals surface area contributed by atoms with Crippen molar-refractivity contribution in [1.29, 1.82) is 0 Å². The third-order valence-corrected chi connectivity index (χ3v) is 3.10. The maximum Gasteiger partial charge on any atom is 0.351 e. The molecule has 3 unspecified atom stereocenters. The lowest BCUT2D eigenvalue weighted by molar-refractivity contribution is -0.147. The molecule has 1 aromatic heterocycles. The molecule has 0 aromatic carbocycles. The van der Waals surface area contributed by atoms with Gasteiger partial charge < -0.3 is 20.3 Å². The molecule has 1 saturated heterocycles. The van der Waals surface area contributed by atoms with E-state index in [1.54, 1.807) is 0 Å². The van der Waals surface area contributed by atoms with Crippen molar-refractivity contribution in [3.63, 3.8) is 0 Å². The number of alkyl halides is 1. The Morgan fingerprint density at radius 3 is 3.10 bits per heavy atom. The van der Waals surface area contributed by atoms with Crippen LogP contribution in [0.3, 0.4) is 0 Å². The number of carbonyl (C=O) groups excluding carboxylic acids is 1. The summed E-state index contributed by atoms with van der Waals surface area (Å²) in [5.74, 6) is -0.761. The van der Waals surface area contributed by atoms with Gasteiger partial charge in [-0.15, -0.1) is 11.6 Å². The van der Waals surface area contributed by atoms with Crippen LogP contribution >= 0.6 is 11.6 Å². The van der Waals surface area contributed by atoms with E-state index in [0.29, 0.717) is 0 Å². The Bertz CT molecular complexity index is 549. The van der Waals surface area contributed by atoms with Crippen LogP contribution in [0.25, 0.3) is 0 Å². The van der Waals surface area contributed by atoms with E-state index in [0.717, 1.165) is 0 Å². The fourth-order valence-corrected chi connectivity index (χ4v) is 1.97. The summed E-state index contributed by atoms with van der Waals surface area (Å²) in [6.07, 6.45) is -0.612. The minimum atomic E-state index is -0.854. The van der Waals surface area contributed by atoms with Gasteiger partial charge in [-0.3, -0.25) is 9.36 Å². The van der Waals surface area contributed by atoms with Gasteiger partial charge in [-0.2, -0.15) is 4.98 Å². The Balaban J connectivity index is 2.02. The number of esters is 1. The highest BCUT2D eigenvalue weighted by atomic mass is 35.5. The highest BCUT2D eigenvalue weighted by molar-refractivity contribution is 6.26. The number of rotatable bonds is 4. The fourth-order valence-electron chi connectivity index (χ4n) is 1.89. The van der Waals surface area contributed by atoms with Gasteiger partial charge in [-0.25, -0.2) is 4.79 Å². The van der Waals surface area contributed by atoms with Gasteiger partial charge in [0.05, 0.1) is 6.10 Å².